The Morgan fingerprint density at radius 2 is 1.64 bits per heavy atom. The van der Waals surface area contributed by atoms with Crippen LogP contribution in [0.15, 0.2) is 71.8 Å². The van der Waals surface area contributed by atoms with Crippen molar-refractivity contribution in [1.29, 1.82) is 0 Å². The lowest BCUT2D eigenvalue weighted by Crippen LogP contribution is -2.24. The van der Waals surface area contributed by atoms with Crippen LogP contribution in [-0.4, -0.2) is 31.3 Å². The van der Waals surface area contributed by atoms with E-state index in [2.05, 4.69) is 10.5 Å². The summed E-state index contributed by atoms with van der Waals surface area (Å²) in [4.78, 5) is 24.1. The summed E-state index contributed by atoms with van der Waals surface area (Å²) in [5.74, 6) is 0.417. The van der Waals surface area contributed by atoms with Crippen molar-refractivity contribution in [3.05, 3.63) is 87.9 Å². The van der Waals surface area contributed by atoms with Gasteiger partial charge in [0.05, 0.1) is 23.4 Å². The van der Waals surface area contributed by atoms with Crippen LogP contribution >= 0.6 is 23.2 Å². The van der Waals surface area contributed by atoms with Crippen LogP contribution in [0.5, 0.6) is 17.2 Å². The number of hydrogen-bond donors (Lipinski definition) is 1. The van der Waals surface area contributed by atoms with E-state index in [0.29, 0.717) is 40.0 Å². The maximum Gasteiger partial charge on any atom is 0.343 e. The second kappa shape index (κ2) is 11.9. The fourth-order valence-electron chi connectivity index (χ4n) is 2.59. The first-order chi connectivity index (χ1) is 16.0. The van der Waals surface area contributed by atoms with Gasteiger partial charge in [0.2, 0.25) is 0 Å². The Bertz CT molecular complexity index is 1130. The predicted molar refractivity (Wildman–Crippen MR) is 127 cm³/mol. The lowest BCUT2D eigenvalue weighted by Gasteiger charge is -2.07. The second-order valence-corrected chi connectivity index (χ2v) is 7.33. The highest BCUT2D eigenvalue weighted by Crippen LogP contribution is 2.31. The van der Waals surface area contributed by atoms with Gasteiger partial charge in [-0.05, 0) is 73.2 Å². The molecule has 1 N–H and O–H groups in total. The van der Waals surface area contributed by atoms with Crippen LogP contribution in [0.25, 0.3) is 0 Å². The molecule has 0 heterocycles. The Hall–Kier alpha value is -3.55. The molecule has 3 aromatic carbocycles. The quantitative estimate of drug-likeness (QED) is 0.196. The smallest absolute Gasteiger partial charge is 0.343 e. The predicted octanol–water partition coefficient (Wildman–Crippen LogP) is 5.14. The van der Waals surface area contributed by atoms with Crippen molar-refractivity contribution in [1.82, 2.24) is 5.43 Å². The molecule has 0 saturated carbocycles. The van der Waals surface area contributed by atoms with Gasteiger partial charge in [-0.25, -0.2) is 10.2 Å². The third kappa shape index (κ3) is 7.24. The molecule has 0 saturated heterocycles. The molecule has 0 spiro atoms. The molecule has 0 fully saturated rings. The molecule has 33 heavy (non-hydrogen) atoms. The maximum absolute atomic E-state index is 12.3. The van der Waals surface area contributed by atoms with Gasteiger partial charge in [-0.2, -0.15) is 5.10 Å². The standard InChI is InChI=1S/C24H20Cl2N2O5/c1-2-31-18-12-8-17(9-13-18)24(30)33-19-10-6-16(7-11-19)14-27-28-22(29)15-32-21-5-3-4-20(25)23(21)26/h3-14H,2,15H2,1H3,(H,28,29). The number of halogens is 2. The van der Waals surface area contributed by atoms with Gasteiger partial charge in [0.15, 0.2) is 6.61 Å². The Morgan fingerprint density at radius 1 is 0.939 bits per heavy atom. The molecule has 0 aromatic heterocycles. The zero-order valence-electron chi connectivity index (χ0n) is 17.6. The van der Waals surface area contributed by atoms with Gasteiger partial charge in [0.1, 0.15) is 22.3 Å². The van der Waals surface area contributed by atoms with Crippen LogP contribution in [-0.2, 0) is 4.79 Å². The number of carbonyl (C=O) groups excluding carboxylic acids is 2. The van der Waals surface area contributed by atoms with Crippen molar-refractivity contribution in [2.45, 2.75) is 6.92 Å². The summed E-state index contributed by atoms with van der Waals surface area (Å²) in [6, 6.07) is 18.2. The lowest BCUT2D eigenvalue weighted by molar-refractivity contribution is -0.123. The van der Waals surface area contributed by atoms with Crippen LogP contribution in [0, 0.1) is 0 Å². The summed E-state index contributed by atoms with van der Waals surface area (Å²) in [5, 5.41) is 4.44. The van der Waals surface area contributed by atoms with E-state index >= 15 is 0 Å². The Balaban J connectivity index is 1.47. The van der Waals surface area contributed by atoms with E-state index in [9.17, 15) is 9.59 Å². The van der Waals surface area contributed by atoms with Crippen LogP contribution in [0.4, 0.5) is 0 Å². The van der Waals surface area contributed by atoms with Gasteiger partial charge < -0.3 is 14.2 Å². The number of carbonyl (C=O) groups is 2. The Morgan fingerprint density at radius 3 is 2.33 bits per heavy atom. The van der Waals surface area contributed by atoms with Crippen LogP contribution in [0.1, 0.15) is 22.8 Å². The number of nitrogens with zero attached hydrogens (tertiary/aromatic N) is 1. The number of nitrogens with one attached hydrogen (secondary N) is 1. The molecule has 0 aliphatic carbocycles. The van der Waals surface area contributed by atoms with E-state index < -0.39 is 11.9 Å². The normalized spacial score (nSPS) is 10.6. The summed E-state index contributed by atoms with van der Waals surface area (Å²) >= 11 is 11.9. The SMILES string of the molecule is CCOc1ccc(C(=O)Oc2ccc(C=NNC(=O)COc3cccc(Cl)c3Cl)cc2)cc1. The Labute approximate surface area is 200 Å². The van der Waals surface area contributed by atoms with E-state index in [1.807, 2.05) is 6.92 Å². The highest BCUT2D eigenvalue weighted by atomic mass is 35.5. The summed E-state index contributed by atoms with van der Waals surface area (Å²) in [6.45, 7) is 2.16. The second-order valence-electron chi connectivity index (χ2n) is 6.55. The van der Waals surface area contributed by atoms with Gasteiger partial charge in [0.25, 0.3) is 5.91 Å². The minimum Gasteiger partial charge on any atom is -0.494 e. The average molecular weight is 487 g/mol. The zero-order valence-corrected chi connectivity index (χ0v) is 19.1. The van der Waals surface area contributed by atoms with Gasteiger partial charge >= 0.3 is 5.97 Å². The number of ether oxygens (including phenoxy) is 3. The Kier molecular flexibility index (Phi) is 8.69. The minimum absolute atomic E-state index is 0.235. The van der Waals surface area contributed by atoms with Crippen molar-refractivity contribution >= 4 is 41.3 Å². The third-order valence-corrected chi connectivity index (χ3v) is 4.97. The molecule has 0 aliphatic rings. The molecule has 0 unspecified atom stereocenters. The molecular formula is C24H20Cl2N2O5. The number of benzene rings is 3. The summed E-state index contributed by atoms with van der Waals surface area (Å²) < 4.78 is 16.0. The van der Waals surface area contributed by atoms with E-state index in [1.165, 1.54) is 6.21 Å². The number of amides is 1. The number of rotatable bonds is 9. The summed E-state index contributed by atoms with van der Waals surface area (Å²) in [7, 11) is 0. The molecule has 3 rings (SSSR count). The van der Waals surface area contributed by atoms with Crippen LogP contribution < -0.4 is 19.6 Å². The summed E-state index contributed by atoms with van der Waals surface area (Å²) in [6.07, 6.45) is 1.45. The molecule has 9 heteroatoms. The van der Waals surface area contributed by atoms with Gasteiger partial charge in [-0.15, -0.1) is 0 Å². The molecule has 1 amide bonds. The first-order valence-corrected chi connectivity index (χ1v) is 10.7. The van der Waals surface area contributed by atoms with Crippen LogP contribution in [0.3, 0.4) is 0 Å². The fraction of sp³-hybridized carbons (Fsp3) is 0.125. The van der Waals surface area contributed by atoms with Crippen molar-refractivity contribution in [3.8, 4) is 17.2 Å². The third-order valence-electron chi connectivity index (χ3n) is 4.17. The molecule has 0 radical (unpaired) electrons. The number of hydrogen-bond acceptors (Lipinski definition) is 6. The van der Waals surface area contributed by atoms with Crippen LogP contribution in [0.2, 0.25) is 10.0 Å². The minimum atomic E-state index is -0.480. The topological polar surface area (TPSA) is 86.2 Å². The molecule has 0 aliphatic heterocycles. The maximum atomic E-state index is 12.3. The first kappa shape index (κ1) is 24.1. The molecule has 0 atom stereocenters. The molecule has 0 bridgehead atoms. The fourth-order valence-corrected chi connectivity index (χ4v) is 2.94. The lowest BCUT2D eigenvalue weighted by atomic mass is 10.2. The molecule has 3 aromatic rings. The number of hydrazone groups is 1. The first-order valence-electron chi connectivity index (χ1n) is 9.90. The van der Waals surface area contributed by atoms with Gasteiger partial charge in [-0.3, -0.25) is 4.79 Å². The average Bonchev–Trinajstić information content (AvgIpc) is 2.82. The van der Waals surface area contributed by atoms with E-state index in [0.717, 1.165) is 0 Å². The van der Waals surface area contributed by atoms with E-state index in [-0.39, 0.29) is 11.6 Å². The zero-order chi connectivity index (χ0) is 23.6. The van der Waals surface area contributed by atoms with Crippen molar-refractivity contribution in [2.24, 2.45) is 5.10 Å². The largest absolute Gasteiger partial charge is 0.494 e. The highest BCUT2D eigenvalue weighted by Gasteiger charge is 2.09. The van der Waals surface area contributed by atoms with Crippen molar-refractivity contribution < 1.29 is 23.8 Å². The van der Waals surface area contributed by atoms with E-state index in [1.54, 1.807) is 66.7 Å². The highest BCUT2D eigenvalue weighted by molar-refractivity contribution is 6.42. The molecule has 7 nitrogen and oxygen atoms in total. The van der Waals surface area contributed by atoms with Gasteiger partial charge in [0, 0.05) is 0 Å². The van der Waals surface area contributed by atoms with E-state index in [4.69, 9.17) is 37.4 Å². The van der Waals surface area contributed by atoms with Crippen molar-refractivity contribution in [3.63, 3.8) is 0 Å². The number of esters is 1. The monoisotopic (exact) mass is 486 g/mol. The molecule has 170 valence electrons. The van der Waals surface area contributed by atoms with Crippen molar-refractivity contribution in [2.75, 3.05) is 13.2 Å². The summed E-state index contributed by atoms with van der Waals surface area (Å²) in [5.41, 5.74) is 3.45. The van der Waals surface area contributed by atoms with Gasteiger partial charge in [-0.1, -0.05) is 29.3 Å². The molecular weight excluding hydrogens is 467 g/mol.